The maximum atomic E-state index is 13.4. The van der Waals surface area contributed by atoms with Crippen molar-refractivity contribution < 1.29 is 23.8 Å². The first kappa shape index (κ1) is 43.0. The number of methoxy groups -OCH3 is 1. The summed E-state index contributed by atoms with van der Waals surface area (Å²) in [4.78, 5) is 26.8. The molecule has 2 aliphatic rings. The first-order chi connectivity index (χ1) is 25.4. The van der Waals surface area contributed by atoms with Crippen LogP contribution in [0.1, 0.15) is 103 Å². The quantitative estimate of drug-likeness (QED) is 0.114. The van der Waals surface area contributed by atoms with Crippen molar-refractivity contribution in [3.05, 3.63) is 64.7 Å². The van der Waals surface area contributed by atoms with E-state index in [1.807, 2.05) is 76.2 Å². The van der Waals surface area contributed by atoms with Crippen molar-refractivity contribution in [2.75, 3.05) is 20.2 Å². The molecule has 10 heteroatoms. The van der Waals surface area contributed by atoms with Crippen molar-refractivity contribution >= 4 is 23.4 Å². The molecule has 2 fully saturated rings. The van der Waals surface area contributed by atoms with Gasteiger partial charge in [-0.1, -0.05) is 80.5 Å². The Bertz CT molecular complexity index is 1390. The van der Waals surface area contributed by atoms with Crippen LogP contribution in [0.4, 0.5) is 0 Å². The highest BCUT2D eigenvalue weighted by Crippen LogP contribution is 2.44. The molecule has 6 unspecified atom stereocenters. The predicted molar refractivity (Wildman–Crippen MR) is 214 cm³/mol. The molecule has 296 valence electrons. The van der Waals surface area contributed by atoms with Gasteiger partial charge in [0.2, 0.25) is 0 Å². The molecule has 0 bridgehead atoms. The summed E-state index contributed by atoms with van der Waals surface area (Å²) in [5.74, 6) is 2.75. The van der Waals surface area contributed by atoms with Gasteiger partial charge >= 0.3 is 0 Å². The number of benzene rings is 2. The second kappa shape index (κ2) is 22.0. The van der Waals surface area contributed by atoms with E-state index in [0.29, 0.717) is 54.6 Å². The van der Waals surface area contributed by atoms with E-state index in [1.165, 1.54) is 25.7 Å². The number of nitrogens with one attached hydrogen (secondary N) is 2. The Morgan fingerprint density at radius 2 is 1.23 bits per heavy atom. The molecule has 4 rings (SSSR count). The maximum absolute atomic E-state index is 13.4. The zero-order valence-corrected chi connectivity index (χ0v) is 33.6. The SMILES string of the molecule is COc1ccccc1CCNC(=O)C(OC(C)C)[C@H](N)CC1CCCC(C2CCCC(C[C@@H](N)C(OC(C)C)C(=O)NCCc3ccc(Cl)cc3)C2)C1. The Morgan fingerprint density at radius 3 is 1.72 bits per heavy atom. The number of ether oxygens (including phenoxy) is 3. The number of hydrogen-bond donors (Lipinski definition) is 4. The number of nitrogens with two attached hydrogens (primary N) is 2. The van der Waals surface area contributed by atoms with Crippen molar-refractivity contribution in [2.45, 2.75) is 141 Å². The molecule has 2 amide bonds. The molecule has 0 spiro atoms. The fourth-order valence-electron chi connectivity index (χ4n) is 8.68. The Kier molecular flexibility index (Phi) is 17.9. The number of halogens is 1. The van der Waals surface area contributed by atoms with Gasteiger partial charge in [-0.3, -0.25) is 9.59 Å². The van der Waals surface area contributed by atoms with Gasteiger partial charge in [-0.2, -0.15) is 0 Å². The summed E-state index contributed by atoms with van der Waals surface area (Å²) in [5.41, 5.74) is 15.8. The van der Waals surface area contributed by atoms with Crippen LogP contribution in [-0.2, 0) is 31.9 Å². The van der Waals surface area contributed by atoms with Crippen molar-refractivity contribution in [1.82, 2.24) is 10.6 Å². The largest absolute Gasteiger partial charge is 0.496 e. The Labute approximate surface area is 324 Å². The molecule has 0 aliphatic heterocycles. The standard InChI is InChI=1S/C43H67ClN4O5/c1-28(2)52-40(42(49)47-22-20-30-16-18-36(44)19-17-30)37(45)26-31-10-8-13-34(24-31)35-14-9-11-32(25-35)27-38(46)41(53-29(3)4)43(50)48-23-21-33-12-6-7-15-39(33)51-5/h6-7,12,15-19,28-29,31-32,34-35,37-38,40-41H,8-11,13-14,20-27,45-46H2,1-5H3,(H,47,49)(H,48,50)/t31?,32?,34?,35?,37-,38-,40?,41?/m1/s1. The van der Waals surface area contributed by atoms with E-state index >= 15 is 0 Å². The third-order valence-corrected chi connectivity index (χ3v) is 11.4. The van der Waals surface area contributed by atoms with Crippen LogP contribution in [0.3, 0.4) is 0 Å². The van der Waals surface area contributed by atoms with Crippen molar-refractivity contribution in [3.8, 4) is 5.75 Å². The van der Waals surface area contributed by atoms with Crippen LogP contribution in [0.5, 0.6) is 5.75 Å². The average Bonchev–Trinajstić information content (AvgIpc) is 3.13. The first-order valence-electron chi connectivity index (χ1n) is 20.2. The predicted octanol–water partition coefficient (Wildman–Crippen LogP) is 7.00. The average molecular weight is 755 g/mol. The monoisotopic (exact) mass is 754 g/mol. The second-order valence-corrected chi connectivity index (χ2v) is 16.6. The zero-order chi connectivity index (χ0) is 38.3. The van der Waals surface area contributed by atoms with Crippen molar-refractivity contribution in [2.24, 2.45) is 35.1 Å². The lowest BCUT2D eigenvalue weighted by Crippen LogP contribution is -2.50. The van der Waals surface area contributed by atoms with Crippen LogP contribution < -0.4 is 26.8 Å². The Hall–Kier alpha value is -2.69. The summed E-state index contributed by atoms with van der Waals surface area (Å²) >= 11 is 6.02. The summed E-state index contributed by atoms with van der Waals surface area (Å²) in [6.07, 6.45) is 10.7. The molecular weight excluding hydrogens is 688 g/mol. The lowest BCUT2D eigenvalue weighted by molar-refractivity contribution is -0.138. The Morgan fingerprint density at radius 1 is 0.736 bits per heavy atom. The number of hydrogen-bond acceptors (Lipinski definition) is 7. The van der Waals surface area contributed by atoms with Crippen molar-refractivity contribution in [1.29, 1.82) is 0 Å². The van der Waals surface area contributed by atoms with Gasteiger partial charge in [0.25, 0.3) is 11.8 Å². The van der Waals surface area contributed by atoms with Gasteiger partial charge in [-0.25, -0.2) is 0 Å². The fourth-order valence-corrected chi connectivity index (χ4v) is 8.81. The lowest BCUT2D eigenvalue weighted by Gasteiger charge is -2.40. The third-order valence-electron chi connectivity index (χ3n) is 11.2. The maximum Gasteiger partial charge on any atom is 0.250 e. The van der Waals surface area contributed by atoms with E-state index in [9.17, 15) is 9.59 Å². The van der Waals surface area contributed by atoms with Crippen LogP contribution in [0.2, 0.25) is 5.02 Å². The van der Waals surface area contributed by atoms with Crippen molar-refractivity contribution in [3.63, 3.8) is 0 Å². The molecule has 8 atom stereocenters. The van der Waals surface area contributed by atoms with E-state index in [-0.39, 0.29) is 36.1 Å². The molecule has 9 nitrogen and oxygen atoms in total. The summed E-state index contributed by atoms with van der Waals surface area (Å²) in [7, 11) is 1.66. The molecule has 0 radical (unpaired) electrons. The lowest BCUT2D eigenvalue weighted by atomic mass is 9.66. The van der Waals surface area contributed by atoms with Crippen LogP contribution in [0.25, 0.3) is 0 Å². The summed E-state index contributed by atoms with van der Waals surface area (Å²) in [5, 5.41) is 6.85. The molecule has 0 heterocycles. The molecule has 2 saturated carbocycles. The number of carbonyl (C=O) groups excluding carboxylic acids is 2. The smallest absolute Gasteiger partial charge is 0.250 e. The number of para-hydroxylation sites is 1. The topological polar surface area (TPSA) is 138 Å². The molecule has 6 N–H and O–H groups in total. The minimum absolute atomic E-state index is 0.104. The van der Waals surface area contributed by atoms with Gasteiger partial charge in [0.15, 0.2) is 12.2 Å². The molecule has 0 saturated heterocycles. The van der Waals surface area contributed by atoms with E-state index in [2.05, 4.69) is 10.6 Å². The highest BCUT2D eigenvalue weighted by Gasteiger charge is 2.37. The minimum Gasteiger partial charge on any atom is -0.496 e. The van der Waals surface area contributed by atoms with Crippen LogP contribution >= 0.6 is 11.6 Å². The molecule has 0 aromatic heterocycles. The summed E-state index contributed by atoms with van der Waals surface area (Å²) in [6, 6.07) is 14.8. The van der Waals surface area contributed by atoms with Crippen LogP contribution in [0.15, 0.2) is 48.5 Å². The van der Waals surface area contributed by atoms with Gasteiger partial charge < -0.3 is 36.3 Å². The highest BCUT2D eigenvalue weighted by atomic mass is 35.5. The van der Waals surface area contributed by atoms with Gasteiger partial charge in [0, 0.05) is 30.2 Å². The van der Waals surface area contributed by atoms with Gasteiger partial charge in [-0.05, 0) is 119 Å². The molecule has 2 aliphatic carbocycles. The minimum atomic E-state index is -0.691. The molecule has 2 aromatic carbocycles. The zero-order valence-electron chi connectivity index (χ0n) is 32.9. The van der Waals surface area contributed by atoms with Gasteiger partial charge in [0.1, 0.15) is 5.75 Å². The number of rotatable bonds is 20. The van der Waals surface area contributed by atoms with E-state index in [0.717, 1.165) is 55.4 Å². The van der Waals surface area contributed by atoms with E-state index < -0.39 is 12.2 Å². The van der Waals surface area contributed by atoms with Crippen LogP contribution in [-0.4, -0.2) is 68.5 Å². The fraction of sp³-hybridized carbons (Fsp3) is 0.674. The van der Waals surface area contributed by atoms with E-state index in [1.54, 1.807) is 7.11 Å². The summed E-state index contributed by atoms with van der Waals surface area (Å²) in [6.45, 7) is 8.82. The first-order valence-corrected chi connectivity index (χ1v) is 20.5. The Balaban J connectivity index is 1.27. The third kappa shape index (κ3) is 14.2. The van der Waals surface area contributed by atoms with Gasteiger partial charge in [0.05, 0.1) is 19.3 Å². The molecular formula is C43H67ClN4O5. The highest BCUT2D eigenvalue weighted by molar-refractivity contribution is 6.30. The summed E-state index contributed by atoms with van der Waals surface area (Å²) < 4.78 is 17.7. The van der Waals surface area contributed by atoms with Crippen LogP contribution in [0, 0.1) is 23.7 Å². The number of carbonyl (C=O) groups is 2. The second-order valence-electron chi connectivity index (χ2n) is 16.1. The van der Waals surface area contributed by atoms with Gasteiger partial charge in [-0.15, -0.1) is 0 Å². The normalized spacial score (nSPS) is 22.9. The number of amides is 2. The van der Waals surface area contributed by atoms with E-state index in [4.69, 9.17) is 37.3 Å². The molecule has 2 aromatic rings. The molecule has 53 heavy (non-hydrogen) atoms.